The molecule has 132 valence electrons. The van der Waals surface area contributed by atoms with Crippen molar-refractivity contribution in [3.05, 3.63) is 29.1 Å². The average molecular weight is 335 g/mol. The highest BCUT2D eigenvalue weighted by atomic mass is 19.1. The van der Waals surface area contributed by atoms with Gasteiger partial charge < -0.3 is 14.5 Å². The Balaban J connectivity index is 1.69. The SMILES string of the molecule is CN1Cc2cc(F)cc(N3CCN(C(=O)OC(C)(C)C)CC3)c2C1. The van der Waals surface area contributed by atoms with E-state index in [0.717, 1.165) is 24.3 Å². The van der Waals surface area contributed by atoms with Crippen LogP contribution < -0.4 is 4.90 Å². The van der Waals surface area contributed by atoms with Gasteiger partial charge in [0, 0.05) is 45.0 Å². The van der Waals surface area contributed by atoms with Crippen molar-refractivity contribution in [2.45, 2.75) is 39.5 Å². The first-order valence-corrected chi connectivity index (χ1v) is 8.45. The predicted octanol–water partition coefficient (Wildman–Crippen LogP) is 2.83. The first-order valence-electron chi connectivity index (χ1n) is 8.45. The molecule has 0 unspecified atom stereocenters. The molecule has 1 fully saturated rings. The summed E-state index contributed by atoms with van der Waals surface area (Å²) in [4.78, 5) is 18.3. The summed E-state index contributed by atoms with van der Waals surface area (Å²) in [5.74, 6) is -0.186. The van der Waals surface area contributed by atoms with E-state index in [1.165, 1.54) is 5.56 Å². The molecule has 0 spiro atoms. The van der Waals surface area contributed by atoms with Crippen molar-refractivity contribution in [1.29, 1.82) is 0 Å². The van der Waals surface area contributed by atoms with Crippen molar-refractivity contribution >= 4 is 11.8 Å². The number of benzene rings is 1. The number of anilines is 1. The van der Waals surface area contributed by atoms with Crippen molar-refractivity contribution in [3.63, 3.8) is 0 Å². The quantitative estimate of drug-likeness (QED) is 0.791. The Hall–Kier alpha value is -1.82. The van der Waals surface area contributed by atoms with E-state index in [1.807, 2.05) is 27.8 Å². The number of nitrogens with zero attached hydrogens (tertiary/aromatic N) is 3. The van der Waals surface area contributed by atoms with Crippen LogP contribution in [0.2, 0.25) is 0 Å². The van der Waals surface area contributed by atoms with Gasteiger partial charge in [-0.25, -0.2) is 9.18 Å². The third-order valence-electron chi connectivity index (χ3n) is 4.42. The Kier molecular flexibility index (Phi) is 4.42. The Morgan fingerprint density at radius 2 is 1.79 bits per heavy atom. The lowest BCUT2D eigenvalue weighted by molar-refractivity contribution is 0.0240. The Morgan fingerprint density at radius 1 is 1.12 bits per heavy atom. The summed E-state index contributed by atoms with van der Waals surface area (Å²) in [5, 5.41) is 0. The molecule has 5 nitrogen and oxygen atoms in total. The van der Waals surface area contributed by atoms with E-state index in [2.05, 4.69) is 9.80 Å². The lowest BCUT2D eigenvalue weighted by atomic mass is 10.1. The molecule has 1 saturated heterocycles. The summed E-state index contributed by atoms with van der Waals surface area (Å²) in [6.45, 7) is 9.81. The highest BCUT2D eigenvalue weighted by Crippen LogP contribution is 2.32. The fraction of sp³-hybridized carbons (Fsp3) is 0.611. The van der Waals surface area contributed by atoms with E-state index in [1.54, 1.807) is 17.0 Å². The van der Waals surface area contributed by atoms with Gasteiger partial charge in [0.05, 0.1) is 0 Å². The Labute approximate surface area is 143 Å². The van der Waals surface area contributed by atoms with Crippen LogP contribution in [0.1, 0.15) is 31.9 Å². The number of fused-ring (bicyclic) bond motifs is 1. The lowest BCUT2D eigenvalue weighted by Gasteiger charge is -2.37. The number of carbonyl (C=O) groups excluding carboxylic acids is 1. The molecule has 0 radical (unpaired) electrons. The van der Waals surface area contributed by atoms with E-state index in [-0.39, 0.29) is 11.9 Å². The molecule has 0 bridgehead atoms. The van der Waals surface area contributed by atoms with Crippen LogP contribution in [0.15, 0.2) is 12.1 Å². The third-order valence-corrected chi connectivity index (χ3v) is 4.42. The molecule has 0 aromatic heterocycles. The topological polar surface area (TPSA) is 36.0 Å². The monoisotopic (exact) mass is 335 g/mol. The molecule has 2 aliphatic rings. The number of rotatable bonds is 1. The molecule has 24 heavy (non-hydrogen) atoms. The zero-order valence-corrected chi connectivity index (χ0v) is 14.9. The summed E-state index contributed by atoms with van der Waals surface area (Å²) >= 11 is 0. The average Bonchev–Trinajstić information content (AvgIpc) is 2.84. The fourth-order valence-electron chi connectivity index (χ4n) is 3.36. The van der Waals surface area contributed by atoms with Gasteiger partial charge in [0.25, 0.3) is 0 Å². The second-order valence-electron chi connectivity index (χ2n) is 7.69. The number of ether oxygens (including phenoxy) is 1. The van der Waals surface area contributed by atoms with Crippen molar-refractivity contribution in [2.24, 2.45) is 0 Å². The van der Waals surface area contributed by atoms with E-state index in [0.29, 0.717) is 26.2 Å². The molecule has 1 amide bonds. The summed E-state index contributed by atoms with van der Waals surface area (Å²) in [7, 11) is 2.04. The standard InChI is InChI=1S/C18H26FN3O2/c1-18(2,3)24-17(23)22-7-5-21(6-8-22)16-10-14(19)9-13-11-20(4)12-15(13)16/h9-10H,5-8,11-12H2,1-4H3. The first kappa shape index (κ1) is 17.0. The molecule has 3 rings (SSSR count). The number of hydrogen-bond donors (Lipinski definition) is 0. The maximum atomic E-state index is 14.0. The van der Waals surface area contributed by atoms with Crippen LogP contribution in [0.25, 0.3) is 0 Å². The molecule has 0 atom stereocenters. The van der Waals surface area contributed by atoms with E-state index < -0.39 is 5.60 Å². The zero-order chi connectivity index (χ0) is 17.5. The number of piperazine rings is 1. The molecular weight excluding hydrogens is 309 g/mol. The number of hydrogen-bond acceptors (Lipinski definition) is 4. The van der Waals surface area contributed by atoms with Crippen LogP contribution in [0, 0.1) is 5.82 Å². The van der Waals surface area contributed by atoms with Crippen LogP contribution in [0.5, 0.6) is 0 Å². The molecular formula is C18H26FN3O2. The van der Waals surface area contributed by atoms with Crippen molar-refractivity contribution in [1.82, 2.24) is 9.80 Å². The van der Waals surface area contributed by atoms with Crippen molar-refractivity contribution < 1.29 is 13.9 Å². The summed E-state index contributed by atoms with van der Waals surface area (Å²) in [6, 6.07) is 3.26. The van der Waals surface area contributed by atoms with Crippen LogP contribution >= 0.6 is 0 Å². The maximum absolute atomic E-state index is 14.0. The summed E-state index contributed by atoms with van der Waals surface area (Å²) in [6.07, 6.45) is -0.272. The minimum atomic E-state index is -0.484. The third kappa shape index (κ3) is 3.64. The van der Waals surface area contributed by atoms with Gasteiger partial charge in [-0.3, -0.25) is 4.90 Å². The van der Waals surface area contributed by atoms with Gasteiger partial charge in [0.1, 0.15) is 11.4 Å². The molecule has 1 aromatic rings. The van der Waals surface area contributed by atoms with Gasteiger partial charge in [-0.15, -0.1) is 0 Å². The summed E-state index contributed by atoms with van der Waals surface area (Å²) in [5.41, 5.74) is 2.77. The second kappa shape index (κ2) is 6.24. The van der Waals surface area contributed by atoms with E-state index in [4.69, 9.17) is 4.74 Å². The minimum Gasteiger partial charge on any atom is -0.444 e. The van der Waals surface area contributed by atoms with Gasteiger partial charge in [0.2, 0.25) is 0 Å². The van der Waals surface area contributed by atoms with Crippen molar-refractivity contribution in [3.8, 4) is 0 Å². The molecule has 2 aliphatic heterocycles. The smallest absolute Gasteiger partial charge is 0.410 e. The normalized spacial score (nSPS) is 18.7. The Morgan fingerprint density at radius 3 is 2.42 bits per heavy atom. The van der Waals surface area contributed by atoms with E-state index in [9.17, 15) is 9.18 Å². The predicted molar refractivity (Wildman–Crippen MR) is 91.6 cm³/mol. The Bertz CT molecular complexity index is 634. The second-order valence-corrected chi connectivity index (χ2v) is 7.69. The maximum Gasteiger partial charge on any atom is 0.410 e. The molecule has 6 heteroatoms. The van der Waals surface area contributed by atoms with Crippen molar-refractivity contribution in [2.75, 3.05) is 38.1 Å². The highest BCUT2D eigenvalue weighted by molar-refractivity contribution is 5.69. The fourth-order valence-corrected chi connectivity index (χ4v) is 3.36. The van der Waals surface area contributed by atoms with Gasteiger partial charge in [-0.1, -0.05) is 0 Å². The van der Waals surface area contributed by atoms with Gasteiger partial charge >= 0.3 is 6.09 Å². The molecule has 0 N–H and O–H groups in total. The van der Waals surface area contributed by atoms with Gasteiger partial charge in [-0.05, 0) is 51.1 Å². The number of amides is 1. The van der Waals surface area contributed by atoms with Gasteiger partial charge in [-0.2, -0.15) is 0 Å². The van der Waals surface area contributed by atoms with Gasteiger partial charge in [0.15, 0.2) is 0 Å². The largest absolute Gasteiger partial charge is 0.444 e. The lowest BCUT2D eigenvalue weighted by Crippen LogP contribution is -2.50. The highest BCUT2D eigenvalue weighted by Gasteiger charge is 2.28. The molecule has 0 aliphatic carbocycles. The van der Waals surface area contributed by atoms with E-state index >= 15 is 0 Å². The van der Waals surface area contributed by atoms with Crippen LogP contribution in [0.4, 0.5) is 14.9 Å². The van der Waals surface area contributed by atoms with Crippen LogP contribution in [-0.2, 0) is 17.8 Å². The van der Waals surface area contributed by atoms with Crippen LogP contribution in [-0.4, -0.2) is 54.7 Å². The summed E-state index contributed by atoms with van der Waals surface area (Å²) < 4.78 is 19.4. The molecule has 0 saturated carbocycles. The minimum absolute atomic E-state index is 0.186. The number of carbonyl (C=O) groups is 1. The number of halogens is 1. The zero-order valence-electron chi connectivity index (χ0n) is 14.9. The van der Waals surface area contributed by atoms with Crippen LogP contribution in [0.3, 0.4) is 0 Å². The molecule has 2 heterocycles. The molecule has 1 aromatic carbocycles. The first-order chi connectivity index (χ1) is 11.2.